The predicted molar refractivity (Wildman–Crippen MR) is 68.1 cm³/mol. The van der Waals surface area contributed by atoms with Crippen LogP contribution in [0.4, 0.5) is 5.82 Å². The lowest BCUT2D eigenvalue weighted by molar-refractivity contribution is 0.663. The molecular weight excluding hydrogens is 232 g/mol. The Bertz CT molecular complexity index is 495. The minimum atomic E-state index is 0.751. The van der Waals surface area contributed by atoms with E-state index in [4.69, 9.17) is 0 Å². The van der Waals surface area contributed by atoms with Crippen LogP contribution in [0, 0.1) is 0 Å². The zero-order chi connectivity index (χ0) is 11.5. The fourth-order valence-corrected chi connectivity index (χ4v) is 2.73. The third-order valence-electron chi connectivity index (χ3n) is 3.02. The van der Waals surface area contributed by atoms with E-state index in [-0.39, 0.29) is 0 Å². The molecule has 5 heteroatoms. The highest BCUT2D eigenvalue weighted by Crippen LogP contribution is 2.24. The summed E-state index contributed by atoms with van der Waals surface area (Å²) in [6.07, 6.45) is 8.16. The van der Waals surface area contributed by atoms with Gasteiger partial charge in [-0.25, -0.2) is 15.0 Å². The van der Waals surface area contributed by atoms with Crippen LogP contribution in [0.5, 0.6) is 0 Å². The maximum absolute atomic E-state index is 4.36. The number of nitrogens with one attached hydrogen (secondary N) is 1. The standard InChI is InChI=1S/C12H14N4S/c1-2-4-10-9(3-1)12(16-8-15-10)14-7-11-13-5-6-17-11/h5-6,8H,1-4,7H2,(H,14,15,16). The van der Waals surface area contributed by atoms with Gasteiger partial charge in [-0.05, 0) is 25.7 Å². The van der Waals surface area contributed by atoms with Crippen molar-refractivity contribution in [2.24, 2.45) is 0 Å². The minimum absolute atomic E-state index is 0.751. The molecule has 0 atom stereocenters. The largest absolute Gasteiger partial charge is 0.363 e. The van der Waals surface area contributed by atoms with Crippen LogP contribution in [-0.2, 0) is 19.4 Å². The Morgan fingerprint density at radius 2 is 2.12 bits per heavy atom. The van der Waals surface area contributed by atoms with Gasteiger partial charge in [0, 0.05) is 22.8 Å². The molecule has 1 aliphatic carbocycles. The fraction of sp³-hybridized carbons (Fsp3) is 0.417. The van der Waals surface area contributed by atoms with Crippen molar-refractivity contribution in [2.45, 2.75) is 32.2 Å². The second-order valence-electron chi connectivity index (χ2n) is 4.13. The second-order valence-corrected chi connectivity index (χ2v) is 5.11. The van der Waals surface area contributed by atoms with Gasteiger partial charge in [0.1, 0.15) is 17.2 Å². The van der Waals surface area contributed by atoms with Gasteiger partial charge in [0.15, 0.2) is 0 Å². The number of anilines is 1. The number of hydrogen-bond donors (Lipinski definition) is 1. The molecule has 0 spiro atoms. The van der Waals surface area contributed by atoms with Crippen LogP contribution in [0.15, 0.2) is 17.9 Å². The lowest BCUT2D eigenvalue weighted by Gasteiger charge is -2.17. The summed E-state index contributed by atoms with van der Waals surface area (Å²) in [7, 11) is 0. The van der Waals surface area contributed by atoms with E-state index in [0.29, 0.717) is 0 Å². The van der Waals surface area contributed by atoms with E-state index < -0.39 is 0 Å². The Morgan fingerprint density at radius 3 is 3.00 bits per heavy atom. The first-order valence-electron chi connectivity index (χ1n) is 5.88. The highest BCUT2D eigenvalue weighted by Gasteiger charge is 2.15. The van der Waals surface area contributed by atoms with E-state index >= 15 is 0 Å². The molecule has 4 nitrogen and oxygen atoms in total. The number of aromatic nitrogens is 3. The van der Waals surface area contributed by atoms with E-state index in [9.17, 15) is 0 Å². The molecule has 0 bridgehead atoms. The first-order valence-corrected chi connectivity index (χ1v) is 6.76. The monoisotopic (exact) mass is 246 g/mol. The fourth-order valence-electron chi connectivity index (χ4n) is 2.17. The smallest absolute Gasteiger partial charge is 0.133 e. The summed E-state index contributed by atoms with van der Waals surface area (Å²) < 4.78 is 0. The number of nitrogens with zero attached hydrogens (tertiary/aromatic N) is 3. The highest BCUT2D eigenvalue weighted by atomic mass is 32.1. The van der Waals surface area contributed by atoms with Crippen molar-refractivity contribution in [3.8, 4) is 0 Å². The molecule has 2 aromatic rings. The minimum Gasteiger partial charge on any atom is -0.363 e. The van der Waals surface area contributed by atoms with E-state index in [1.165, 1.54) is 24.1 Å². The molecule has 0 fully saturated rings. The Hall–Kier alpha value is -1.49. The quantitative estimate of drug-likeness (QED) is 0.903. The first-order chi connectivity index (χ1) is 8.43. The van der Waals surface area contributed by atoms with Crippen LogP contribution in [0.2, 0.25) is 0 Å². The van der Waals surface area contributed by atoms with Crippen LogP contribution >= 0.6 is 11.3 Å². The van der Waals surface area contributed by atoms with Crippen molar-refractivity contribution in [2.75, 3.05) is 5.32 Å². The van der Waals surface area contributed by atoms with Crippen molar-refractivity contribution < 1.29 is 0 Å². The summed E-state index contributed by atoms with van der Waals surface area (Å²) in [4.78, 5) is 13.0. The van der Waals surface area contributed by atoms with Crippen LogP contribution < -0.4 is 5.32 Å². The summed E-state index contributed by atoms with van der Waals surface area (Å²) in [6, 6.07) is 0. The van der Waals surface area contributed by atoms with Gasteiger partial charge in [0.2, 0.25) is 0 Å². The third-order valence-corrected chi connectivity index (χ3v) is 3.80. The molecule has 1 N–H and O–H groups in total. The lowest BCUT2D eigenvalue weighted by Crippen LogP contribution is -2.11. The van der Waals surface area contributed by atoms with Crippen LogP contribution in [-0.4, -0.2) is 15.0 Å². The highest BCUT2D eigenvalue weighted by molar-refractivity contribution is 7.09. The van der Waals surface area contributed by atoms with Gasteiger partial charge in [-0.2, -0.15) is 0 Å². The summed E-state index contributed by atoms with van der Waals surface area (Å²) in [5, 5.41) is 6.46. The molecule has 2 aromatic heterocycles. The van der Waals surface area contributed by atoms with Crippen molar-refractivity contribution in [1.82, 2.24) is 15.0 Å². The van der Waals surface area contributed by atoms with Crippen LogP contribution in [0.1, 0.15) is 29.1 Å². The SMILES string of the molecule is c1csc(CNc2ncnc3c2CCCC3)n1. The summed E-state index contributed by atoms with van der Waals surface area (Å²) in [5.41, 5.74) is 2.52. The van der Waals surface area contributed by atoms with Gasteiger partial charge >= 0.3 is 0 Å². The average Bonchev–Trinajstić information content (AvgIpc) is 2.89. The molecule has 0 amide bonds. The summed E-state index contributed by atoms with van der Waals surface area (Å²) in [5.74, 6) is 0.991. The Morgan fingerprint density at radius 1 is 1.18 bits per heavy atom. The first kappa shape index (κ1) is 10.7. The summed E-state index contributed by atoms with van der Waals surface area (Å²) in [6.45, 7) is 0.751. The predicted octanol–water partition coefficient (Wildman–Crippen LogP) is 2.42. The van der Waals surface area contributed by atoms with Crippen molar-refractivity contribution >= 4 is 17.2 Å². The number of fused-ring (bicyclic) bond motifs is 1. The number of hydrogen-bond acceptors (Lipinski definition) is 5. The van der Waals surface area contributed by atoms with Gasteiger partial charge in [0.25, 0.3) is 0 Å². The van der Waals surface area contributed by atoms with Gasteiger partial charge in [-0.3, -0.25) is 0 Å². The maximum Gasteiger partial charge on any atom is 0.133 e. The average molecular weight is 246 g/mol. The molecule has 0 unspecified atom stereocenters. The molecular formula is C12H14N4S. The zero-order valence-electron chi connectivity index (χ0n) is 9.52. The van der Waals surface area contributed by atoms with E-state index in [0.717, 1.165) is 30.2 Å². The van der Waals surface area contributed by atoms with Crippen molar-refractivity contribution in [1.29, 1.82) is 0 Å². The van der Waals surface area contributed by atoms with E-state index in [1.54, 1.807) is 17.7 Å². The zero-order valence-corrected chi connectivity index (χ0v) is 10.3. The summed E-state index contributed by atoms with van der Waals surface area (Å²) >= 11 is 1.66. The van der Waals surface area contributed by atoms with Gasteiger partial charge in [-0.15, -0.1) is 11.3 Å². The lowest BCUT2D eigenvalue weighted by atomic mass is 9.96. The molecule has 0 saturated carbocycles. The van der Waals surface area contributed by atoms with Gasteiger partial charge < -0.3 is 5.32 Å². The number of aryl methyl sites for hydroxylation is 1. The van der Waals surface area contributed by atoms with Gasteiger partial charge in [-0.1, -0.05) is 0 Å². The molecule has 1 aliphatic rings. The number of rotatable bonds is 3. The molecule has 0 aliphatic heterocycles. The number of thiazole rings is 1. The normalized spacial score (nSPS) is 14.4. The van der Waals surface area contributed by atoms with Crippen molar-refractivity contribution in [3.63, 3.8) is 0 Å². The molecule has 3 rings (SSSR count). The molecule has 0 radical (unpaired) electrons. The van der Waals surface area contributed by atoms with E-state index in [2.05, 4.69) is 20.3 Å². The van der Waals surface area contributed by atoms with Crippen molar-refractivity contribution in [3.05, 3.63) is 34.2 Å². The molecule has 17 heavy (non-hydrogen) atoms. The van der Waals surface area contributed by atoms with Crippen LogP contribution in [0.3, 0.4) is 0 Å². The topological polar surface area (TPSA) is 50.7 Å². The maximum atomic E-state index is 4.36. The molecule has 0 aromatic carbocycles. The molecule has 88 valence electrons. The van der Waals surface area contributed by atoms with E-state index in [1.807, 2.05) is 11.6 Å². The third kappa shape index (κ3) is 2.29. The van der Waals surface area contributed by atoms with Crippen LogP contribution in [0.25, 0.3) is 0 Å². The Kier molecular flexibility index (Phi) is 3.00. The molecule has 2 heterocycles. The Balaban J connectivity index is 1.78. The second kappa shape index (κ2) is 4.79. The molecule has 0 saturated heterocycles. The Labute approximate surface area is 104 Å². The van der Waals surface area contributed by atoms with Gasteiger partial charge in [0.05, 0.1) is 6.54 Å².